The van der Waals surface area contributed by atoms with Crippen molar-refractivity contribution < 1.29 is 9.53 Å². The maximum atomic E-state index is 12.6. The number of hydrogen-bond donors (Lipinski definition) is 3. The molecule has 0 aliphatic carbocycles. The summed E-state index contributed by atoms with van der Waals surface area (Å²) < 4.78 is 4.12. The summed E-state index contributed by atoms with van der Waals surface area (Å²) in [5.41, 5.74) is 1.01. The molecule has 0 aromatic heterocycles. The van der Waals surface area contributed by atoms with Gasteiger partial charge in [0.05, 0.1) is 18.4 Å². The van der Waals surface area contributed by atoms with Crippen molar-refractivity contribution in [2.45, 2.75) is 9.96 Å². The number of amides is 1. The number of alkyl halides is 3. The van der Waals surface area contributed by atoms with Crippen LogP contribution in [0, 0.1) is 0 Å². The lowest BCUT2D eigenvalue weighted by Crippen LogP contribution is -2.56. The van der Waals surface area contributed by atoms with E-state index < -0.39 is 15.9 Å². The Morgan fingerprint density at radius 2 is 1.74 bits per heavy atom. The summed E-state index contributed by atoms with van der Waals surface area (Å²) in [6, 6.07) is 14.1. The Hall–Kier alpha value is -1.25. The molecule has 0 fully saturated rings. The number of hydrogen-bond acceptors (Lipinski definition) is 3. The van der Waals surface area contributed by atoms with E-state index in [1.54, 1.807) is 24.3 Å². The van der Waals surface area contributed by atoms with Crippen molar-refractivity contribution in [3.63, 3.8) is 0 Å². The van der Waals surface area contributed by atoms with Crippen molar-refractivity contribution in [2.75, 3.05) is 12.4 Å². The monoisotopic (exact) mass is 509 g/mol. The van der Waals surface area contributed by atoms with Gasteiger partial charge in [-0.05, 0) is 52.4 Å². The minimum atomic E-state index is -1.86. The number of ether oxygens (including phenoxy) is 1. The highest BCUT2D eigenvalue weighted by Gasteiger charge is 2.35. The third kappa shape index (κ3) is 6.40. The Kier molecular flexibility index (Phi) is 8.00. The maximum absolute atomic E-state index is 12.6. The van der Waals surface area contributed by atoms with E-state index in [1.807, 2.05) is 24.3 Å². The van der Waals surface area contributed by atoms with Crippen LogP contribution in [0.5, 0.6) is 5.75 Å². The molecule has 0 aliphatic rings. The molecule has 27 heavy (non-hydrogen) atoms. The molecule has 0 heterocycles. The molecular formula is C17H15BrCl3N3O2S. The van der Waals surface area contributed by atoms with E-state index >= 15 is 0 Å². The number of rotatable bonds is 5. The number of para-hydroxylation sites is 2. The molecule has 10 heteroatoms. The van der Waals surface area contributed by atoms with Crippen LogP contribution in [0.3, 0.4) is 0 Å². The molecule has 1 atom stereocenters. The smallest absolute Gasteiger partial charge is 0.256 e. The molecule has 3 N–H and O–H groups in total. The first-order chi connectivity index (χ1) is 12.7. The second kappa shape index (κ2) is 9.80. The summed E-state index contributed by atoms with van der Waals surface area (Å²) >= 11 is 26.7. The van der Waals surface area contributed by atoms with Gasteiger partial charge in [0.1, 0.15) is 11.9 Å². The van der Waals surface area contributed by atoms with Crippen LogP contribution < -0.4 is 20.7 Å². The van der Waals surface area contributed by atoms with Crippen LogP contribution in [0.1, 0.15) is 10.4 Å². The number of carbonyl (C=O) groups is 1. The molecule has 0 unspecified atom stereocenters. The highest BCUT2D eigenvalue weighted by atomic mass is 79.9. The van der Waals surface area contributed by atoms with Crippen molar-refractivity contribution in [1.29, 1.82) is 0 Å². The first-order valence-corrected chi connectivity index (χ1v) is 9.88. The fraction of sp³-hybridized carbons (Fsp3) is 0.176. The van der Waals surface area contributed by atoms with E-state index in [2.05, 4.69) is 31.9 Å². The number of thiocarbonyl (C=S) groups is 1. The van der Waals surface area contributed by atoms with Crippen LogP contribution in [-0.4, -0.2) is 28.1 Å². The molecular weight excluding hydrogens is 497 g/mol. The van der Waals surface area contributed by atoms with Crippen molar-refractivity contribution in [3.05, 3.63) is 58.6 Å². The van der Waals surface area contributed by atoms with Gasteiger partial charge in [0, 0.05) is 4.47 Å². The summed E-state index contributed by atoms with van der Waals surface area (Å²) in [6.45, 7) is 0. The van der Waals surface area contributed by atoms with E-state index in [0.717, 1.165) is 4.47 Å². The highest BCUT2D eigenvalue weighted by Crippen LogP contribution is 2.30. The average Bonchev–Trinajstić information content (AvgIpc) is 2.62. The predicted octanol–water partition coefficient (Wildman–Crippen LogP) is 4.87. The van der Waals surface area contributed by atoms with Crippen molar-refractivity contribution in [3.8, 4) is 5.75 Å². The van der Waals surface area contributed by atoms with Crippen LogP contribution in [0.15, 0.2) is 53.0 Å². The highest BCUT2D eigenvalue weighted by molar-refractivity contribution is 9.10. The largest absolute Gasteiger partial charge is 0.496 e. The maximum Gasteiger partial charge on any atom is 0.256 e. The zero-order valence-electron chi connectivity index (χ0n) is 13.9. The normalized spacial score (nSPS) is 12.0. The Morgan fingerprint density at radius 3 is 2.37 bits per heavy atom. The van der Waals surface area contributed by atoms with Gasteiger partial charge in [-0.2, -0.15) is 0 Å². The first kappa shape index (κ1) is 22.0. The summed E-state index contributed by atoms with van der Waals surface area (Å²) in [5, 5.41) is 8.55. The molecule has 1 amide bonds. The number of halogens is 4. The molecule has 0 radical (unpaired) electrons. The molecule has 5 nitrogen and oxygen atoms in total. The van der Waals surface area contributed by atoms with Crippen LogP contribution in [0.4, 0.5) is 5.69 Å². The van der Waals surface area contributed by atoms with Crippen LogP contribution >= 0.6 is 63.0 Å². The number of nitrogens with one attached hydrogen (secondary N) is 3. The second-order valence-corrected chi connectivity index (χ2v) is 8.86. The standard InChI is InChI=1S/C17H15BrCl3N3O2S/c1-26-13-9-5-2-6-10(13)14(25)23-15(17(19,20)21)24-16(27)22-12-8-4-3-7-11(12)18/h2-9,15H,1H3,(H,23,25)(H2,22,24,27)/t15-/m1/s1. The van der Waals surface area contributed by atoms with Crippen molar-refractivity contribution in [1.82, 2.24) is 10.6 Å². The molecule has 0 saturated heterocycles. The number of carbonyl (C=O) groups excluding carboxylic acids is 1. The van der Waals surface area contributed by atoms with Gasteiger partial charge in [0.15, 0.2) is 5.11 Å². The predicted molar refractivity (Wildman–Crippen MR) is 118 cm³/mol. The van der Waals surface area contributed by atoms with E-state index in [9.17, 15) is 4.79 Å². The molecule has 0 bridgehead atoms. The third-order valence-corrected chi connectivity index (χ3v) is 4.92. The molecule has 144 valence electrons. The topological polar surface area (TPSA) is 62.4 Å². The van der Waals surface area contributed by atoms with E-state index in [4.69, 9.17) is 51.8 Å². The molecule has 0 spiro atoms. The van der Waals surface area contributed by atoms with Gasteiger partial charge >= 0.3 is 0 Å². The van der Waals surface area contributed by atoms with E-state index in [-0.39, 0.29) is 5.11 Å². The van der Waals surface area contributed by atoms with Gasteiger partial charge in [-0.3, -0.25) is 4.79 Å². The molecule has 2 aromatic carbocycles. The van der Waals surface area contributed by atoms with Crippen molar-refractivity contribution in [2.24, 2.45) is 0 Å². The van der Waals surface area contributed by atoms with Crippen LogP contribution in [0.25, 0.3) is 0 Å². The van der Waals surface area contributed by atoms with Gasteiger partial charge in [-0.15, -0.1) is 0 Å². The molecule has 2 aromatic rings. The van der Waals surface area contributed by atoms with Crippen molar-refractivity contribution >= 4 is 79.7 Å². The molecule has 0 saturated carbocycles. The second-order valence-electron chi connectivity index (χ2n) is 5.23. The lowest BCUT2D eigenvalue weighted by atomic mass is 10.2. The lowest BCUT2D eigenvalue weighted by Gasteiger charge is -2.28. The van der Waals surface area contributed by atoms with Gasteiger partial charge in [-0.25, -0.2) is 0 Å². The Labute approximate surface area is 185 Å². The van der Waals surface area contributed by atoms with E-state index in [0.29, 0.717) is 17.0 Å². The summed E-state index contributed by atoms with van der Waals surface area (Å²) in [5.74, 6) is -0.0908. The fourth-order valence-corrected chi connectivity index (χ4v) is 3.03. The minimum absolute atomic E-state index is 0.165. The van der Waals surface area contributed by atoms with Gasteiger partial charge < -0.3 is 20.7 Å². The van der Waals surface area contributed by atoms with E-state index in [1.165, 1.54) is 7.11 Å². The Balaban J connectivity index is 2.12. The van der Waals surface area contributed by atoms with Gasteiger partial charge in [0.25, 0.3) is 5.91 Å². The molecule has 2 rings (SSSR count). The quantitative estimate of drug-likeness (QED) is 0.304. The fourth-order valence-electron chi connectivity index (χ4n) is 2.09. The number of benzene rings is 2. The van der Waals surface area contributed by atoms with Crippen LogP contribution in [0.2, 0.25) is 0 Å². The zero-order valence-corrected chi connectivity index (χ0v) is 18.6. The zero-order chi connectivity index (χ0) is 20.0. The number of anilines is 1. The number of methoxy groups -OCH3 is 1. The van der Waals surface area contributed by atoms with Gasteiger partial charge in [0.2, 0.25) is 3.79 Å². The minimum Gasteiger partial charge on any atom is -0.496 e. The SMILES string of the molecule is COc1ccccc1C(=O)N[C@H](NC(=S)Nc1ccccc1Br)C(Cl)(Cl)Cl. The van der Waals surface area contributed by atoms with Crippen LogP contribution in [-0.2, 0) is 0 Å². The summed E-state index contributed by atoms with van der Waals surface area (Å²) in [6.07, 6.45) is -1.10. The average molecular weight is 512 g/mol. The third-order valence-electron chi connectivity index (χ3n) is 3.35. The Morgan fingerprint density at radius 1 is 1.11 bits per heavy atom. The first-order valence-electron chi connectivity index (χ1n) is 7.55. The summed E-state index contributed by atoms with van der Waals surface area (Å²) in [4.78, 5) is 12.6. The Bertz CT molecular complexity index is 833. The van der Waals surface area contributed by atoms with Gasteiger partial charge in [-0.1, -0.05) is 59.1 Å². The molecule has 0 aliphatic heterocycles. The lowest BCUT2D eigenvalue weighted by molar-refractivity contribution is 0.0931. The summed E-state index contributed by atoms with van der Waals surface area (Å²) in [7, 11) is 1.47.